The van der Waals surface area contributed by atoms with E-state index in [4.69, 9.17) is 10.1 Å². The van der Waals surface area contributed by atoms with Gasteiger partial charge in [0.05, 0.1) is 18.3 Å². The summed E-state index contributed by atoms with van der Waals surface area (Å²) in [7, 11) is 0. The molecule has 5 rings (SSSR count). The molecule has 0 bridgehead atoms. The van der Waals surface area contributed by atoms with Crippen LogP contribution < -0.4 is 0 Å². The van der Waals surface area contributed by atoms with Crippen molar-refractivity contribution in [2.75, 3.05) is 13.1 Å². The highest BCUT2D eigenvalue weighted by atomic mass is 15.4. The van der Waals surface area contributed by atoms with E-state index in [9.17, 15) is 0 Å². The molecule has 4 heterocycles. The van der Waals surface area contributed by atoms with Crippen LogP contribution in [-0.4, -0.2) is 42.4 Å². The molecular weight excluding hydrogens is 348 g/mol. The Hall–Kier alpha value is -2.99. The fourth-order valence-electron chi connectivity index (χ4n) is 4.06. The number of rotatable bonds is 4. The quantitative estimate of drug-likeness (QED) is 0.553. The van der Waals surface area contributed by atoms with Gasteiger partial charge in [-0.05, 0) is 24.1 Å². The van der Waals surface area contributed by atoms with E-state index in [1.807, 2.05) is 29.0 Å². The second kappa shape index (κ2) is 7.20. The first kappa shape index (κ1) is 17.1. The van der Waals surface area contributed by atoms with Crippen LogP contribution in [0, 0.1) is 6.92 Å². The second-order valence-corrected chi connectivity index (χ2v) is 7.51. The molecule has 0 spiro atoms. The van der Waals surface area contributed by atoms with Crippen molar-refractivity contribution in [1.29, 1.82) is 0 Å². The molecule has 3 aromatic heterocycles. The number of aryl methyl sites for hydroxylation is 1. The molecule has 0 aliphatic carbocycles. The van der Waals surface area contributed by atoms with Gasteiger partial charge in [0, 0.05) is 44.2 Å². The molecule has 0 N–H and O–H groups in total. The second-order valence-electron chi connectivity index (χ2n) is 7.51. The molecule has 0 radical (unpaired) electrons. The first-order valence-corrected chi connectivity index (χ1v) is 9.87. The van der Waals surface area contributed by atoms with E-state index in [1.54, 1.807) is 0 Å². The molecule has 0 unspecified atom stereocenters. The summed E-state index contributed by atoms with van der Waals surface area (Å²) in [5.41, 5.74) is 5.04. The Morgan fingerprint density at radius 1 is 1.00 bits per heavy atom. The van der Waals surface area contributed by atoms with Crippen molar-refractivity contribution in [2.24, 2.45) is 0 Å². The van der Waals surface area contributed by atoms with Crippen LogP contribution >= 0.6 is 0 Å². The molecule has 0 amide bonds. The molecule has 0 atom stereocenters. The Bertz CT molecular complexity index is 1070. The van der Waals surface area contributed by atoms with Crippen molar-refractivity contribution < 1.29 is 0 Å². The zero-order valence-electron chi connectivity index (χ0n) is 16.1. The van der Waals surface area contributed by atoms with E-state index < -0.39 is 0 Å². The van der Waals surface area contributed by atoms with Crippen LogP contribution in [0.4, 0.5) is 0 Å². The first-order valence-electron chi connectivity index (χ1n) is 9.87. The van der Waals surface area contributed by atoms with Gasteiger partial charge in [0.15, 0.2) is 5.82 Å². The van der Waals surface area contributed by atoms with Crippen molar-refractivity contribution in [3.63, 3.8) is 0 Å². The third-order valence-corrected chi connectivity index (χ3v) is 5.49. The SMILES string of the molecule is Cc1cccn2ncc(CN3CCc4nc(Cc5ccccc5)nn4CC3)c12. The van der Waals surface area contributed by atoms with Crippen molar-refractivity contribution in [3.05, 3.63) is 83.2 Å². The lowest BCUT2D eigenvalue weighted by Crippen LogP contribution is -2.26. The summed E-state index contributed by atoms with van der Waals surface area (Å²) >= 11 is 0. The van der Waals surface area contributed by atoms with Crippen molar-refractivity contribution in [2.45, 2.75) is 32.9 Å². The van der Waals surface area contributed by atoms with Crippen LogP contribution in [0.25, 0.3) is 5.52 Å². The topological polar surface area (TPSA) is 51.2 Å². The largest absolute Gasteiger partial charge is 0.297 e. The molecular formula is C22H24N6. The van der Waals surface area contributed by atoms with Gasteiger partial charge >= 0.3 is 0 Å². The third kappa shape index (κ3) is 3.31. The summed E-state index contributed by atoms with van der Waals surface area (Å²) in [5.74, 6) is 2.03. The van der Waals surface area contributed by atoms with Gasteiger partial charge in [0.25, 0.3) is 0 Å². The van der Waals surface area contributed by atoms with E-state index in [-0.39, 0.29) is 0 Å². The van der Waals surface area contributed by atoms with Crippen LogP contribution in [0.5, 0.6) is 0 Å². The van der Waals surface area contributed by atoms with E-state index in [2.05, 4.69) is 51.9 Å². The molecule has 142 valence electrons. The molecule has 0 saturated heterocycles. The lowest BCUT2D eigenvalue weighted by Gasteiger charge is -2.18. The average Bonchev–Trinajstić information content (AvgIpc) is 3.24. The van der Waals surface area contributed by atoms with Crippen molar-refractivity contribution in [3.8, 4) is 0 Å². The Kier molecular flexibility index (Phi) is 4.41. The summed E-state index contributed by atoms with van der Waals surface area (Å²) < 4.78 is 4.07. The minimum absolute atomic E-state index is 0.798. The number of benzene rings is 1. The predicted octanol–water partition coefficient (Wildman–Crippen LogP) is 2.88. The summed E-state index contributed by atoms with van der Waals surface area (Å²) in [6, 6.07) is 14.6. The van der Waals surface area contributed by atoms with Gasteiger partial charge in [0.1, 0.15) is 5.82 Å². The summed E-state index contributed by atoms with van der Waals surface area (Å²) in [4.78, 5) is 7.29. The Morgan fingerprint density at radius 3 is 2.79 bits per heavy atom. The smallest absolute Gasteiger partial charge is 0.155 e. The van der Waals surface area contributed by atoms with Crippen LogP contribution in [-0.2, 0) is 25.9 Å². The predicted molar refractivity (Wildman–Crippen MR) is 108 cm³/mol. The molecule has 0 saturated carbocycles. The van der Waals surface area contributed by atoms with Gasteiger partial charge in [-0.2, -0.15) is 10.2 Å². The van der Waals surface area contributed by atoms with Gasteiger partial charge < -0.3 is 0 Å². The average molecular weight is 372 g/mol. The molecule has 1 aliphatic heterocycles. The number of pyridine rings is 1. The van der Waals surface area contributed by atoms with Gasteiger partial charge in [0.2, 0.25) is 0 Å². The Morgan fingerprint density at radius 2 is 1.89 bits per heavy atom. The Balaban J connectivity index is 1.28. The molecule has 1 aliphatic rings. The first-order chi connectivity index (χ1) is 13.8. The van der Waals surface area contributed by atoms with Gasteiger partial charge in [-0.15, -0.1) is 0 Å². The summed E-state index contributed by atoms with van der Waals surface area (Å²) in [6.07, 6.45) is 5.75. The lowest BCUT2D eigenvalue weighted by atomic mass is 10.1. The van der Waals surface area contributed by atoms with E-state index in [1.165, 1.54) is 22.2 Å². The van der Waals surface area contributed by atoms with Crippen LogP contribution in [0.3, 0.4) is 0 Å². The maximum absolute atomic E-state index is 4.81. The van der Waals surface area contributed by atoms with Crippen LogP contribution in [0.2, 0.25) is 0 Å². The molecule has 6 nitrogen and oxygen atoms in total. The molecule has 1 aromatic carbocycles. The number of hydrogen-bond donors (Lipinski definition) is 0. The molecule has 28 heavy (non-hydrogen) atoms. The summed E-state index contributed by atoms with van der Waals surface area (Å²) in [6.45, 7) is 5.92. The molecule has 6 heteroatoms. The number of nitrogens with zero attached hydrogens (tertiary/aromatic N) is 6. The maximum Gasteiger partial charge on any atom is 0.155 e. The van der Waals surface area contributed by atoms with Crippen molar-refractivity contribution >= 4 is 5.52 Å². The number of hydrogen-bond acceptors (Lipinski definition) is 4. The van der Waals surface area contributed by atoms with Gasteiger partial charge in [-0.3, -0.25) is 4.90 Å². The van der Waals surface area contributed by atoms with E-state index >= 15 is 0 Å². The standard InChI is InChI=1S/C22H24N6/c1-17-6-5-10-28-22(17)19(15-23-28)16-26-11-9-21-24-20(25-27(21)13-12-26)14-18-7-3-2-4-8-18/h2-8,10,15H,9,11-14,16H2,1H3. The van der Waals surface area contributed by atoms with Crippen LogP contribution in [0.15, 0.2) is 54.9 Å². The van der Waals surface area contributed by atoms with E-state index in [0.29, 0.717) is 0 Å². The van der Waals surface area contributed by atoms with E-state index in [0.717, 1.165) is 50.7 Å². The fraction of sp³-hybridized carbons (Fsp3) is 0.318. The van der Waals surface area contributed by atoms with Gasteiger partial charge in [-0.25, -0.2) is 14.2 Å². The molecule has 4 aromatic rings. The lowest BCUT2D eigenvalue weighted by molar-refractivity contribution is 0.269. The summed E-state index contributed by atoms with van der Waals surface area (Å²) in [5, 5.41) is 9.27. The number of fused-ring (bicyclic) bond motifs is 2. The highest BCUT2D eigenvalue weighted by molar-refractivity contribution is 5.59. The third-order valence-electron chi connectivity index (χ3n) is 5.49. The highest BCUT2D eigenvalue weighted by Gasteiger charge is 2.19. The highest BCUT2D eigenvalue weighted by Crippen LogP contribution is 2.18. The number of aromatic nitrogens is 5. The van der Waals surface area contributed by atoms with Crippen LogP contribution in [0.1, 0.15) is 28.3 Å². The zero-order chi connectivity index (χ0) is 18.9. The zero-order valence-corrected chi connectivity index (χ0v) is 16.1. The van der Waals surface area contributed by atoms with Crippen molar-refractivity contribution in [1.82, 2.24) is 29.3 Å². The fourth-order valence-corrected chi connectivity index (χ4v) is 4.06. The molecule has 0 fully saturated rings. The Labute approximate surface area is 164 Å². The maximum atomic E-state index is 4.81. The van der Waals surface area contributed by atoms with Gasteiger partial charge in [-0.1, -0.05) is 36.4 Å². The minimum Gasteiger partial charge on any atom is -0.297 e. The monoisotopic (exact) mass is 372 g/mol. The minimum atomic E-state index is 0.798. The normalized spacial score (nSPS) is 14.9.